The molecule has 0 bridgehead atoms. The Bertz CT molecular complexity index is 1450. The number of hydrogen-bond acceptors (Lipinski definition) is 5. The maximum absolute atomic E-state index is 13.5. The zero-order valence-electron chi connectivity index (χ0n) is 17.7. The molecule has 164 valence electrons. The number of aromatic nitrogens is 3. The molecule has 0 unspecified atom stereocenters. The maximum atomic E-state index is 13.5. The van der Waals surface area contributed by atoms with Crippen LogP contribution in [0.3, 0.4) is 0 Å². The topological polar surface area (TPSA) is 103 Å². The van der Waals surface area contributed by atoms with Crippen molar-refractivity contribution in [1.29, 1.82) is 0 Å². The van der Waals surface area contributed by atoms with E-state index in [4.69, 9.17) is 11.6 Å². The molecule has 10 heteroatoms. The molecule has 0 aliphatic rings. The number of nitrogens with zero attached hydrogens (tertiary/aromatic N) is 5. The largest absolute Gasteiger partial charge is 0.339 e. The van der Waals surface area contributed by atoms with E-state index >= 15 is 0 Å². The van der Waals surface area contributed by atoms with Crippen molar-refractivity contribution in [2.45, 2.75) is 13.8 Å². The predicted octanol–water partition coefficient (Wildman–Crippen LogP) is 3.92. The Morgan fingerprint density at radius 1 is 1.19 bits per heavy atom. The van der Waals surface area contributed by atoms with Gasteiger partial charge in [0, 0.05) is 48.1 Å². The number of halogens is 1. The van der Waals surface area contributed by atoms with Crippen LogP contribution in [0.5, 0.6) is 0 Å². The summed E-state index contributed by atoms with van der Waals surface area (Å²) < 4.78 is 2.72. The van der Waals surface area contributed by atoms with Gasteiger partial charge in [0.1, 0.15) is 5.52 Å². The number of non-ortho nitro benzene ring substituents is 1. The smallest absolute Gasteiger partial charge is 0.296 e. The summed E-state index contributed by atoms with van der Waals surface area (Å²) in [5, 5.41) is 17.3. The first-order valence-corrected chi connectivity index (χ1v) is 10.4. The Morgan fingerprint density at radius 2 is 1.91 bits per heavy atom. The molecule has 0 aliphatic heterocycles. The molecule has 2 heterocycles. The minimum absolute atomic E-state index is 0.0997. The number of benzene rings is 2. The van der Waals surface area contributed by atoms with E-state index in [9.17, 15) is 19.7 Å². The Labute approximate surface area is 187 Å². The molecule has 4 aromatic rings. The zero-order valence-corrected chi connectivity index (χ0v) is 18.5. The Morgan fingerprint density at radius 3 is 2.56 bits per heavy atom. The van der Waals surface area contributed by atoms with Crippen LogP contribution in [0.2, 0.25) is 5.02 Å². The molecule has 4 rings (SSSR count). The molecule has 0 aliphatic carbocycles. The number of carbonyl (C=O) groups is 1. The van der Waals surface area contributed by atoms with E-state index < -0.39 is 10.5 Å². The van der Waals surface area contributed by atoms with Crippen LogP contribution >= 0.6 is 11.6 Å². The first kappa shape index (κ1) is 21.5. The van der Waals surface area contributed by atoms with Crippen LogP contribution in [0.1, 0.15) is 24.3 Å². The summed E-state index contributed by atoms with van der Waals surface area (Å²) >= 11 is 6.18. The summed E-state index contributed by atoms with van der Waals surface area (Å²) in [6, 6.07) is 10.8. The summed E-state index contributed by atoms with van der Waals surface area (Å²) in [4.78, 5) is 39.2. The second-order valence-electron chi connectivity index (χ2n) is 7.26. The van der Waals surface area contributed by atoms with Crippen molar-refractivity contribution in [3.63, 3.8) is 0 Å². The van der Waals surface area contributed by atoms with E-state index in [0.29, 0.717) is 34.4 Å². The van der Waals surface area contributed by atoms with Crippen molar-refractivity contribution >= 4 is 45.0 Å². The van der Waals surface area contributed by atoms with E-state index in [0.717, 1.165) is 4.68 Å². The van der Waals surface area contributed by atoms with Crippen molar-refractivity contribution in [3.05, 3.63) is 73.6 Å². The molecule has 2 aromatic carbocycles. The lowest BCUT2D eigenvalue weighted by molar-refractivity contribution is -0.384. The molecule has 9 nitrogen and oxygen atoms in total. The minimum Gasteiger partial charge on any atom is -0.339 e. The van der Waals surface area contributed by atoms with Gasteiger partial charge in [-0.2, -0.15) is 9.78 Å². The Kier molecular flexibility index (Phi) is 5.43. The molecular formula is C22H20ClN5O4. The fraction of sp³-hybridized carbons (Fsp3) is 0.227. The van der Waals surface area contributed by atoms with Gasteiger partial charge in [0.2, 0.25) is 0 Å². The van der Waals surface area contributed by atoms with Crippen molar-refractivity contribution in [2.24, 2.45) is 7.05 Å². The summed E-state index contributed by atoms with van der Waals surface area (Å²) in [5.41, 5.74) is 0.560. The summed E-state index contributed by atoms with van der Waals surface area (Å²) in [6.45, 7) is 4.65. The van der Waals surface area contributed by atoms with Crippen molar-refractivity contribution in [2.75, 3.05) is 13.1 Å². The van der Waals surface area contributed by atoms with Gasteiger partial charge in [-0.15, -0.1) is 0 Å². The lowest BCUT2D eigenvalue weighted by Gasteiger charge is -2.19. The van der Waals surface area contributed by atoms with Gasteiger partial charge in [0.05, 0.1) is 16.1 Å². The fourth-order valence-corrected chi connectivity index (χ4v) is 4.09. The molecular weight excluding hydrogens is 434 g/mol. The average molecular weight is 454 g/mol. The first-order chi connectivity index (χ1) is 15.3. The van der Waals surface area contributed by atoms with E-state index in [-0.39, 0.29) is 28.5 Å². The van der Waals surface area contributed by atoms with Crippen LogP contribution in [-0.4, -0.2) is 43.2 Å². The highest BCUT2D eigenvalue weighted by atomic mass is 35.5. The molecule has 2 aromatic heterocycles. The quantitative estimate of drug-likeness (QED) is 0.336. The summed E-state index contributed by atoms with van der Waals surface area (Å²) in [6.07, 6.45) is 0. The van der Waals surface area contributed by atoms with Crippen molar-refractivity contribution in [3.8, 4) is 5.69 Å². The number of nitro benzene ring substituents is 1. The Hall–Kier alpha value is -3.72. The average Bonchev–Trinajstić information content (AvgIpc) is 3.07. The second-order valence-corrected chi connectivity index (χ2v) is 7.70. The molecule has 32 heavy (non-hydrogen) atoms. The number of hydrogen-bond donors (Lipinski definition) is 0. The second kappa shape index (κ2) is 8.08. The van der Waals surface area contributed by atoms with Crippen LogP contribution in [0.15, 0.2) is 47.3 Å². The van der Waals surface area contributed by atoms with Gasteiger partial charge in [-0.3, -0.25) is 19.7 Å². The number of rotatable bonds is 5. The predicted molar refractivity (Wildman–Crippen MR) is 123 cm³/mol. The monoisotopic (exact) mass is 453 g/mol. The molecule has 0 radical (unpaired) electrons. The van der Waals surface area contributed by atoms with Crippen LogP contribution in [-0.2, 0) is 7.05 Å². The highest BCUT2D eigenvalue weighted by Gasteiger charge is 2.26. The van der Waals surface area contributed by atoms with E-state index in [2.05, 4.69) is 5.10 Å². The fourth-order valence-electron chi connectivity index (χ4n) is 3.92. The van der Waals surface area contributed by atoms with E-state index in [1.54, 1.807) is 40.8 Å². The molecule has 0 saturated carbocycles. The lowest BCUT2D eigenvalue weighted by Crippen LogP contribution is -2.34. The van der Waals surface area contributed by atoms with Crippen molar-refractivity contribution < 1.29 is 9.72 Å². The third kappa shape index (κ3) is 3.31. The first-order valence-electron chi connectivity index (χ1n) is 10.0. The number of carbonyl (C=O) groups excluding carboxylic acids is 1. The van der Waals surface area contributed by atoms with Gasteiger partial charge in [-0.25, -0.2) is 0 Å². The van der Waals surface area contributed by atoms with Gasteiger partial charge < -0.3 is 9.47 Å². The third-order valence-corrected chi connectivity index (χ3v) is 5.77. The third-order valence-electron chi connectivity index (χ3n) is 5.53. The van der Waals surface area contributed by atoms with Crippen LogP contribution < -0.4 is 5.56 Å². The van der Waals surface area contributed by atoms with Gasteiger partial charge in [0.25, 0.3) is 17.2 Å². The van der Waals surface area contributed by atoms with Crippen LogP contribution in [0, 0.1) is 10.1 Å². The maximum Gasteiger partial charge on any atom is 0.296 e. The van der Waals surface area contributed by atoms with E-state index in [1.165, 1.54) is 18.2 Å². The van der Waals surface area contributed by atoms with Crippen LogP contribution in [0.4, 0.5) is 5.69 Å². The van der Waals surface area contributed by atoms with Gasteiger partial charge in [0.15, 0.2) is 5.69 Å². The summed E-state index contributed by atoms with van der Waals surface area (Å²) in [5.74, 6) is -0.332. The highest BCUT2D eigenvalue weighted by molar-refractivity contribution is 6.31. The highest BCUT2D eigenvalue weighted by Crippen LogP contribution is 2.31. The van der Waals surface area contributed by atoms with Gasteiger partial charge in [-0.1, -0.05) is 23.7 Å². The molecule has 0 saturated heterocycles. The van der Waals surface area contributed by atoms with Crippen molar-refractivity contribution in [1.82, 2.24) is 19.2 Å². The number of amides is 1. The molecule has 0 fully saturated rings. The molecule has 0 N–H and O–H groups in total. The van der Waals surface area contributed by atoms with E-state index in [1.807, 2.05) is 13.8 Å². The molecule has 1 amide bonds. The minimum atomic E-state index is -0.548. The number of nitro groups is 1. The zero-order chi connectivity index (χ0) is 23.2. The SMILES string of the molecule is CCN(CC)C(=O)c1nn(-c2cccc([N+](=O)[O-])c2)c(=O)c2c1c1ccc(Cl)cc1n2C. The Balaban J connectivity index is 2.15. The number of fused-ring (bicyclic) bond motifs is 3. The number of aryl methyl sites for hydroxylation is 1. The van der Waals surface area contributed by atoms with Gasteiger partial charge >= 0.3 is 0 Å². The van der Waals surface area contributed by atoms with Gasteiger partial charge in [-0.05, 0) is 32.0 Å². The summed E-state index contributed by atoms with van der Waals surface area (Å²) in [7, 11) is 1.71. The molecule has 0 spiro atoms. The lowest BCUT2D eigenvalue weighted by atomic mass is 10.1. The van der Waals surface area contributed by atoms with Crippen LogP contribution in [0.25, 0.3) is 27.5 Å². The normalized spacial score (nSPS) is 11.2. The standard InChI is InChI=1S/C22H20ClN5O4/c1-4-26(5-2)21(29)19-18-16-10-9-13(23)11-17(16)25(3)20(18)22(30)27(24-19)14-7-6-8-15(12-14)28(31)32/h6-12H,4-5H2,1-3H3. The molecule has 0 atom stereocenters.